The Kier molecular flexibility index (Phi) is 2.81. The molecule has 2 saturated heterocycles. The molecule has 0 N–H and O–H groups in total. The van der Waals surface area contributed by atoms with Gasteiger partial charge in [0.1, 0.15) is 0 Å². The topological polar surface area (TPSA) is 52.6 Å². The van der Waals surface area contributed by atoms with Gasteiger partial charge < -0.3 is 9.31 Å². The van der Waals surface area contributed by atoms with Gasteiger partial charge in [0, 0.05) is 10.3 Å². The quantitative estimate of drug-likeness (QED) is 0.576. The maximum atomic E-state index is 12.3. The molecular weight excluding hydrogens is 335 g/mol. The molecule has 1 aromatic carbocycles. The van der Waals surface area contributed by atoms with Gasteiger partial charge in [-0.2, -0.15) is 0 Å². The van der Waals surface area contributed by atoms with Crippen LogP contribution in [-0.4, -0.2) is 18.5 Å². The monoisotopic (exact) mass is 350 g/mol. The minimum absolute atomic E-state index is 0.349. The second-order valence-corrected chi connectivity index (χ2v) is 7.66. The SMILES string of the molecule is CC1(C)C(=O)O[B-]2(c3cccc(Br)c3)OC(=O)C(C)(C)[C+]21. The highest BCUT2D eigenvalue weighted by atomic mass is 79.9. The summed E-state index contributed by atoms with van der Waals surface area (Å²) < 4.78 is 12.2. The van der Waals surface area contributed by atoms with E-state index < -0.39 is 17.4 Å². The molecule has 0 saturated carbocycles. The van der Waals surface area contributed by atoms with E-state index in [4.69, 9.17) is 9.31 Å². The summed E-state index contributed by atoms with van der Waals surface area (Å²) in [5, 5.41) is 0. The first-order valence-corrected chi connectivity index (χ1v) is 7.67. The van der Waals surface area contributed by atoms with Crippen LogP contribution in [0.5, 0.6) is 0 Å². The van der Waals surface area contributed by atoms with E-state index in [1.807, 2.05) is 24.3 Å². The van der Waals surface area contributed by atoms with E-state index in [0.29, 0.717) is 5.46 Å². The smallest absolute Gasteiger partial charge is 0.589 e. The van der Waals surface area contributed by atoms with Crippen molar-refractivity contribution in [1.29, 1.82) is 0 Å². The first-order valence-electron chi connectivity index (χ1n) is 6.88. The Balaban J connectivity index is 2.25. The summed E-state index contributed by atoms with van der Waals surface area (Å²) in [4.78, 5) is 24.7. The van der Waals surface area contributed by atoms with Crippen LogP contribution in [0.1, 0.15) is 27.7 Å². The molecule has 2 aliphatic rings. The van der Waals surface area contributed by atoms with Crippen molar-refractivity contribution in [3.05, 3.63) is 34.6 Å². The first kappa shape index (κ1) is 14.5. The summed E-state index contributed by atoms with van der Waals surface area (Å²) in [7, 11) is 0. The van der Waals surface area contributed by atoms with Gasteiger partial charge >= 0.3 is 18.5 Å². The molecule has 2 heterocycles. The van der Waals surface area contributed by atoms with E-state index >= 15 is 0 Å². The number of carbonyl (C=O) groups is 2. The molecule has 2 fully saturated rings. The fourth-order valence-electron chi connectivity index (χ4n) is 3.74. The third-order valence-electron chi connectivity index (χ3n) is 4.58. The molecule has 0 radical (unpaired) electrons. The standard InChI is InChI=1S/C15H16BBrO4/c1-14(2)11-15(3,4)13(19)21-16(11,20-12(14)18)9-6-5-7-10(17)8-9/h5-8H,1-4H3. The predicted molar refractivity (Wildman–Crippen MR) is 82.5 cm³/mol. The minimum Gasteiger partial charge on any atom is -0.609 e. The number of hydrogen-bond donors (Lipinski definition) is 0. The van der Waals surface area contributed by atoms with Crippen LogP contribution in [0.15, 0.2) is 28.7 Å². The summed E-state index contributed by atoms with van der Waals surface area (Å²) in [5.74, 6) is 0.0270. The van der Waals surface area contributed by atoms with Gasteiger partial charge in [-0.05, 0) is 33.8 Å². The zero-order chi connectivity index (χ0) is 15.6. The lowest BCUT2D eigenvalue weighted by atomic mass is 9.36. The van der Waals surface area contributed by atoms with E-state index in [0.717, 1.165) is 10.3 Å². The van der Waals surface area contributed by atoms with Crippen molar-refractivity contribution in [2.75, 3.05) is 0 Å². The largest absolute Gasteiger partial charge is 0.609 e. The molecule has 6 heteroatoms. The summed E-state index contributed by atoms with van der Waals surface area (Å²) in [6.45, 7) is 4.93. The molecule has 0 bridgehead atoms. The molecule has 110 valence electrons. The Bertz CT molecular complexity index is 623. The lowest BCUT2D eigenvalue weighted by Gasteiger charge is -2.28. The van der Waals surface area contributed by atoms with Crippen LogP contribution in [0.3, 0.4) is 0 Å². The second-order valence-electron chi connectivity index (χ2n) is 6.74. The highest BCUT2D eigenvalue weighted by Gasteiger charge is 2.80. The highest BCUT2D eigenvalue weighted by molar-refractivity contribution is 9.10. The lowest BCUT2D eigenvalue weighted by molar-refractivity contribution is -0.148. The Labute approximate surface area is 132 Å². The Morgan fingerprint density at radius 1 is 1.05 bits per heavy atom. The number of halogens is 1. The Morgan fingerprint density at radius 3 is 2.05 bits per heavy atom. The minimum atomic E-state index is -2.22. The van der Waals surface area contributed by atoms with Crippen molar-refractivity contribution in [3.63, 3.8) is 0 Å². The number of rotatable bonds is 1. The number of benzene rings is 1. The van der Waals surface area contributed by atoms with Crippen LogP contribution in [0.25, 0.3) is 0 Å². The fraction of sp³-hybridized carbons (Fsp3) is 0.400. The molecule has 0 aromatic heterocycles. The van der Waals surface area contributed by atoms with Crippen molar-refractivity contribution in [2.45, 2.75) is 27.7 Å². The Hall–Kier alpha value is -1.43. The molecule has 21 heavy (non-hydrogen) atoms. The van der Waals surface area contributed by atoms with Crippen LogP contribution < -0.4 is 5.46 Å². The number of fused-ring (bicyclic) bond motifs is 1. The molecule has 0 amide bonds. The van der Waals surface area contributed by atoms with Gasteiger partial charge in [0.2, 0.25) is 0 Å². The zero-order valence-electron chi connectivity index (χ0n) is 12.4. The summed E-state index contributed by atoms with van der Waals surface area (Å²) >= 11 is 3.41. The zero-order valence-corrected chi connectivity index (χ0v) is 14.0. The highest BCUT2D eigenvalue weighted by Crippen LogP contribution is 2.58. The predicted octanol–water partition coefficient (Wildman–Crippen LogP) is 2.38. The third-order valence-corrected chi connectivity index (χ3v) is 5.07. The second kappa shape index (κ2) is 4.06. The number of hydrogen-bond acceptors (Lipinski definition) is 4. The Morgan fingerprint density at radius 2 is 1.57 bits per heavy atom. The molecule has 1 aromatic rings. The van der Waals surface area contributed by atoms with E-state index in [-0.39, 0.29) is 11.9 Å². The molecule has 0 aliphatic carbocycles. The lowest BCUT2D eigenvalue weighted by Crippen LogP contribution is -2.54. The average Bonchev–Trinajstić information content (AvgIpc) is 2.69. The van der Waals surface area contributed by atoms with Crippen LogP contribution in [0.2, 0.25) is 0 Å². The van der Waals surface area contributed by atoms with Gasteiger partial charge in [0.25, 0.3) is 0 Å². The molecule has 0 spiro atoms. The van der Waals surface area contributed by atoms with Crippen LogP contribution >= 0.6 is 15.9 Å². The number of carbonyl (C=O) groups excluding carboxylic acids is 2. The fourth-order valence-corrected chi connectivity index (χ4v) is 4.15. The molecular formula is C15H16BBrO4. The van der Waals surface area contributed by atoms with Gasteiger partial charge in [0.05, 0.1) is 0 Å². The maximum Gasteiger partial charge on any atom is 0.589 e. The van der Waals surface area contributed by atoms with Gasteiger partial charge in [-0.15, -0.1) is 0 Å². The van der Waals surface area contributed by atoms with Crippen molar-refractivity contribution >= 4 is 39.9 Å². The van der Waals surface area contributed by atoms with Gasteiger partial charge in [-0.3, -0.25) is 9.59 Å². The molecule has 3 rings (SSSR count). The summed E-state index contributed by atoms with van der Waals surface area (Å²) in [6.07, 6.45) is 0. The molecule has 0 unspecified atom stereocenters. The summed E-state index contributed by atoms with van der Waals surface area (Å²) in [6, 6.07) is 7.38. The van der Waals surface area contributed by atoms with Gasteiger partial charge in [-0.1, -0.05) is 39.6 Å². The van der Waals surface area contributed by atoms with Crippen LogP contribution in [0.4, 0.5) is 0 Å². The van der Waals surface area contributed by atoms with Gasteiger partial charge in [-0.25, -0.2) is 0 Å². The third kappa shape index (κ3) is 1.71. The van der Waals surface area contributed by atoms with E-state index in [1.165, 1.54) is 0 Å². The maximum absolute atomic E-state index is 12.3. The van der Waals surface area contributed by atoms with Crippen LogP contribution in [0, 0.1) is 16.6 Å². The van der Waals surface area contributed by atoms with Crippen molar-refractivity contribution in [1.82, 2.24) is 0 Å². The molecule has 0 atom stereocenters. The molecule has 2 aliphatic heterocycles. The van der Waals surface area contributed by atoms with Crippen LogP contribution in [-0.2, 0) is 18.9 Å². The van der Waals surface area contributed by atoms with E-state index in [2.05, 4.69) is 15.9 Å². The van der Waals surface area contributed by atoms with E-state index in [1.54, 1.807) is 27.7 Å². The van der Waals surface area contributed by atoms with Crippen molar-refractivity contribution in [2.24, 2.45) is 10.8 Å². The summed E-state index contributed by atoms with van der Waals surface area (Å²) in [5.41, 5.74) is -0.993. The normalized spacial score (nSPS) is 24.5. The van der Waals surface area contributed by atoms with Crippen molar-refractivity contribution in [3.8, 4) is 0 Å². The first-order chi connectivity index (χ1) is 9.62. The molecule has 4 nitrogen and oxygen atoms in total. The van der Waals surface area contributed by atoms with E-state index in [9.17, 15) is 9.59 Å². The van der Waals surface area contributed by atoms with Gasteiger partial charge in [0.15, 0.2) is 10.8 Å². The average molecular weight is 351 g/mol. The van der Waals surface area contributed by atoms with Crippen molar-refractivity contribution < 1.29 is 18.9 Å².